The average molecular weight is 196 g/mol. The predicted molar refractivity (Wildman–Crippen MR) is 62.5 cm³/mol. The Hall–Kier alpha value is -0.530. The fourth-order valence-corrected chi connectivity index (χ4v) is 2.37. The number of hydrogen-bond acceptors (Lipinski definition) is 1. The molecule has 0 aromatic heterocycles. The van der Waals surface area contributed by atoms with E-state index >= 15 is 0 Å². The second-order valence-corrected chi connectivity index (χ2v) is 4.83. The highest BCUT2D eigenvalue weighted by molar-refractivity contribution is 5.80. The van der Waals surface area contributed by atoms with Gasteiger partial charge in [-0.2, -0.15) is 0 Å². The van der Waals surface area contributed by atoms with Crippen LogP contribution in [-0.2, 0) is 0 Å². The summed E-state index contributed by atoms with van der Waals surface area (Å²) in [6, 6.07) is 0.498. The summed E-state index contributed by atoms with van der Waals surface area (Å²) in [7, 11) is 0. The van der Waals surface area contributed by atoms with Crippen molar-refractivity contribution in [2.45, 2.75) is 58.9 Å². The Morgan fingerprint density at radius 2 is 2.07 bits per heavy atom. The highest BCUT2D eigenvalue weighted by Gasteiger charge is 2.24. The summed E-state index contributed by atoms with van der Waals surface area (Å²) in [6.45, 7) is 6.80. The first-order valence-corrected chi connectivity index (χ1v) is 5.95. The van der Waals surface area contributed by atoms with Gasteiger partial charge in [-0.3, -0.25) is 4.99 Å². The second-order valence-electron chi connectivity index (χ2n) is 4.83. The van der Waals surface area contributed by atoms with Crippen LogP contribution in [0, 0.1) is 11.8 Å². The molecule has 1 fully saturated rings. The van der Waals surface area contributed by atoms with E-state index in [0.29, 0.717) is 12.0 Å². The largest absolute Gasteiger partial charge is 0.387 e. The molecule has 0 spiro atoms. The number of aliphatic imine (C=N–C) groups is 1. The predicted octanol–water partition coefficient (Wildman–Crippen LogP) is 2.97. The molecule has 3 atom stereocenters. The van der Waals surface area contributed by atoms with Gasteiger partial charge in [-0.15, -0.1) is 0 Å². The topological polar surface area (TPSA) is 38.4 Å². The van der Waals surface area contributed by atoms with E-state index in [2.05, 4.69) is 25.8 Å². The maximum absolute atomic E-state index is 5.86. The van der Waals surface area contributed by atoms with Gasteiger partial charge in [0.15, 0.2) is 0 Å². The van der Waals surface area contributed by atoms with Crippen LogP contribution in [0.2, 0.25) is 0 Å². The third-order valence-electron chi connectivity index (χ3n) is 3.22. The van der Waals surface area contributed by atoms with Gasteiger partial charge in [0.2, 0.25) is 0 Å². The number of rotatable bonds is 3. The quantitative estimate of drug-likeness (QED) is 0.547. The summed E-state index contributed by atoms with van der Waals surface area (Å²) < 4.78 is 0. The van der Waals surface area contributed by atoms with E-state index in [0.717, 1.165) is 24.6 Å². The number of nitrogens with zero attached hydrogens (tertiary/aromatic N) is 1. The highest BCUT2D eigenvalue weighted by atomic mass is 14.9. The molecule has 0 aliphatic heterocycles. The van der Waals surface area contributed by atoms with Gasteiger partial charge in [0.05, 0.1) is 11.9 Å². The Morgan fingerprint density at radius 3 is 2.64 bits per heavy atom. The van der Waals surface area contributed by atoms with Crippen molar-refractivity contribution in [2.75, 3.05) is 0 Å². The van der Waals surface area contributed by atoms with E-state index in [9.17, 15) is 0 Å². The summed E-state index contributed by atoms with van der Waals surface area (Å²) in [5.41, 5.74) is 5.86. The summed E-state index contributed by atoms with van der Waals surface area (Å²) in [4.78, 5) is 4.64. The van der Waals surface area contributed by atoms with Crippen LogP contribution in [0.15, 0.2) is 4.99 Å². The maximum atomic E-state index is 5.86. The van der Waals surface area contributed by atoms with Crippen molar-refractivity contribution in [1.82, 2.24) is 0 Å². The van der Waals surface area contributed by atoms with Crippen molar-refractivity contribution >= 4 is 5.84 Å². The molecule has 0 heterocycles. The van der Waals surface area contributed by atoms with E-state index in [1.807, 2.05) is 0 Å². The summed E-state index contributed by atoms with van der Waals surface area (Å²) >= 11 is 0. The molecule has 2 N–H and O–H groups in total. The molecule has 0 saturated heterocycles. The molecular formula is C12H24N2. The van der Waals surface area contributed by atoms with E-state index < -0.39 is 0 Å². The van der Waals surface area contributed by atoms with Gasteiger partial charge < -0.3 is 5.73 Å². The molecule has 0 aromatic rings. The van der Waals surface area contributed by atoms with Crippen molar-refractivity contribution in [3.63, 3.8) is 0 Å². The van der Waals surface area contributed by atoms with Gasteiger partial charge in [-0.1, -0.05) is 20.8 Å². The molecule has 0 aromatic carbocycles. The highest BCUT2D eigenvalue weighted by Crippen LogP contribution is 2.30. The Balaban J connectivity index is 2.48. The summed E-state index contributed by atoms with van der Waals surface area (Å²) in [5.74, 6) is 2.46. The first kappa shape index (κ1) is 11.5. The fraction of sp³-hybridized carbons (Fsp3) is 0.917. The lowest BCUT2D eigenvalue weighted by Gasteiger charge is -2.30. The minimum Gasteiger partial charge on any atom is -0.387 e. The number of hydrogen-bond donors (Lipinski definition) is 1. The van der Waals surface area contributed by atoms with E-state index in [-0.39, 0.29) is 0 Å². The van der Waals surface area contributed by atoms with Gasteiger partial charge in [0.1, 0.15) is 0 Å². The van der Waals surface area contributed by atoms with Gasteiger partial charge in [0, 0.05) is 6.42 Å². The van der Waals surface area contributed by atoms with Crippen LogP contribution in [-0.4, -0.2) is 11.9 Å². The Labute approximate surface area is 88.0 Å². The van der Waals surface area contributed by atoms with E-state index in [1.165, 1.54) is 19.3 Å². The zero-order chi connectivity index (χ0) is 10.6. The van der Waals surface area contributed by atoms with Crippen molar-refractivity contribution in [3.05, 3.63) is 0 Å². The molecule has 2 heteroatoms. The van der Waals surface area contributed by atoms with Crippen LogP contribution < -0.4 is 5.73 Å². The lowest BCUT2D eigenvalue weighted by molar-refractivity contribution is 0.264. The van der Waals surface area contributed by atoms with Crippen LogP contribution in [0.5, 0.6) is 0 Å². The standard InChI is InChI=1S/C12H24N2/c1-4-5-12(13)14-11-7-6-9(2)8-10(11)3/h9-11H,4-8H2,1-3H3,(H2,13,14). The molecule has 1 saturated carbocycles. The Kier molecular flexibility index (Phi) is 4.43. The third-order valence-corrected chi connectivity index (χ3v) is 3.22. The first-order chi connectivity index (χ1) is 6.63. The van der Waals surface area contributed by atoms with Gasteiger partial charge >= 0.3 is 0 Å². The van der Waals surface area contributed by atoms with Crippen molar-refractivity contribution in [3.8, 4) is 0 Å². The van der Waals surface area contributed by atoms with Crippen LogP contribution in [0.3, 0.4) is 0 Å². The van der Waals surface area contributed by atoms with Crippen LogP contribution in [0.4, 0.5) is 0 Å². The molecular weight excluding hydrogens is 172 g/mol. The van der Waals surface area contributed by atoms with Crippen molar-refractivity contribution in [2.24, 2.45) is 22.6 Å². The van der Waals surface area contributed by atoms with Crippen molar-refractivity contribution in [1.29, 1.82) is 0 Å². The third kappa shape index (κ3) is 3.32. The Morgan fingerprint density at radius 1 is 1.36 bits per heavy atom. The summed E-state index contributed by atoms with van der Waals surface area (Å²) in [6.07, 6.45) is 5.92. The van der Waals surface area contributed by atoms with E-state index in [4.69, 9.17) is 5.73 Å². The van der Waals surface area contributed by atoms with Gasteiger partial charge in [0.25, 0.3) is 0 Å². The number of amidine groups is 1. The first-order valence-electron chi connectivity index (χ1n) is 5.95. The second kappa shape index (κ2) is 5.38. The molecule has 1 aliphatic rings. The minimum absolute atomic E-state index is 0.498. The minimum atomic E-state index is 0.498. The molecule has 0 radical (unpaired) electrons. The smallest absolute Gasteiger partial charge is 0.0940 e. The molecule has 82 valence electrons. The van der Waals surface area contributed by atoms with Crippen molar-refractivity contribution < 1.29 is 0 Å². The van der Waals surface area contributed by atoms with Crippen LogP contribution in [0.1, 0.15) is 52.9 Å². The van der Waals surface area contributed by atoms with Gasteiger partial charge in [-0.25, -0.2) is 0 Å². The monoisotopic (exact) mass is 196 g/mol. The zero-order valence-electron chi connectivity index (χ0n) is 9.79. The molecule has 0 amide bonds. The number of nitrogens with two attached hydrogens (primary N) is 1. The molecule has 14 heavy (non-hydrogen) atoms. The molecule has 0 bridgehead atoms. The average Bonchev–Trinajstić information content (AvgIpc) is 2.10. The zero-order valence-corrected chi connectivity index (χ0v) is 9.79. The van der Waals surface area contributed by atoms with Crippen LogP contribution >= 0.6 is 0 Å². The van der Waals surface area contributed by atoms with Gasteiger partial charge in [-0.05, 0) is 37.5 Å². The lowest BCUT2D eigenvalue weighted by Crippen LogP contribution is -2.27. The molecule has 2 nitrogen and oxygen atoms in total. The fourth-order valence-electron chi connectivity index (χ4n) is 2.37. The van der Waals surface area contributed by atoms with Crippen LogP contribution in [0.25, 0.3) is 0 Å². The SMILES string of the molecule is CCCC(N)=NC1CCC(C)CC1C. The van der Waals surface area contributed by atoms with E-state index in [1.54, 1.807) is 0 Å². The molecule has 3 unspecified atom stereocenters. The molecule has 1 aliphatic carbocycles. The maximum Gasteiger partial charge on any atom is 0.0940 e. The Bertz CT molecular complexity index is 198. The summed E-state index contributed by atoms with van der Waals surface area (Å²) in [5, 5.41) is 0. The molecule has 1 rings (SSSR count). The normalized spacial score (nSPS) is 34.5. The lowest BCUT2D eigenvalue weighted by atomic mass is 9.80.